The van der Waals surface area contributed by atoms with Crippen LogP contribution in [0.25, 0.3) is 0 Å². The first-order valence-corrected chi connectivity index (χ1v) is 10.1. The van der Waals surface area contributed by atoms with Crippen LogP contribution in [-0.2, 0) is 11.3 Å². The Bertz CT molecular complexity index is 1110. The predicted molar refractivity (Wildman–Crippen MR) is 114 cm³/mol. The van der Waals surface area contributed by atoms with E-state index >= 15 is 0 Å². The number of likely N-dealkylation sites (tertiary alicyclic amines) is 1. The number of aromatic nitrogens is 3. The molecule has 0 radical (unpaired) electrons. The van der Waals surface area contributed by atoms with E-state index in [1.54, 1.807) is 35.4 Å². The number of methoxy groups -OCH3 is 1. The van der Waals surface area contributed by atoms with Gasteiger partial charge in [0.05, 0.1) is 37.5 Å². The molecular weight excluding hydrogens is 396 g/mol. The minimum Gasteiger partial charge on any atom is -0.497 e. The van der Waals surface area contributed by atoms with E-state index in [9.17, 15) is 9.59 Å². The van der Waals surface area contributed by atoms with Crippen LogP contribution < -0.4 is 15.0 Å². The highest BCUT2D eigenvalue weighted by atomic mass is 16.5. The Labute approximate surface area is 179 Å². The quantitative estimate of drug-likeness (QED) is 0.681. The third-order valence-electron chi connectivity index (χ3n) is 5.66. The number of anilines is 2. The molecule has 2 aliphatic heterocycles. The number of amides is 2. The Hall–Kier alpha value is -3.88. The maximum atomic E-state index is 13.0. The molecule has 2 amide bonds. The van der Waals surface area contributed by atoms with Gasteiger partial charge in [-0.25, -0.2) is 4.98 Å². The van der Waals surface area contributed by atoms with Crippen LogP contribution in [0.4, 0.5) is 11.5 Å². The number of nitrogens with zero attached hydrogens (tertiary/aromatic N) is 5. The van der Waals surface area contributed by atoms with Gasteiger partial charge in [0.2, 0.25) is 5.91 Å². The summed E-state index contributed by atoms with van der Waals surface area (Å²) < 4.78 is 7.07. The molecule has 158 valence electrons. The first kappa shape index (κ1) is 19.1. The summed E-state index contributed by atoms with van der Waals surface area (Å²) in [6.07, 6.45) is 5.21. The number of fused-ring (bicyclic) bond motifs is 1. The van der Waals surface area contributed by atoms with Crippen molar-refractivity contribution in [1.82, 2.24) is 19.7 Å². The molecule has 4 heterocycles. The van der Waals surface area contributed by atoms with Crippen LogP contribution >= 0.6 is 0 Å². The van der Waals surface area contributed by atoms with Crippen molar-refractivity contribution in [3.05, 3.63) is 66.1 Å². The van der Waals surface area contributed by atoms with Crippen LogP contribution in [0.2, 0.25) is 0 Å². The standard InChI is InChI=1S/C22H22N6O3/c1-31-18-5-3-15(4-6-18)12-27-19-9-16(10-23-21(19)24-11-20(27)29)22(30)26-13-17(14-26)28-8-2-7-25-28/h2-10,17H,11-14H2,1H3,(H,23,24). The molecular formula is C22H22N6O3. The van der Waals surface area contributed by atoms with Crippen molar-refractivity contribution >= 4 is 23.3 Å². The molecule has 1 aromatic carbocycles. The normalized spacial score (nSPS) is 15.8. The zero-order chi connectivity index (χ0) is 21.4. The number of carbonyl (C=O) groups excluding carboxylic acids is 2. The lowest BCUT2D eigenvalue weighted by Gasteiger charge is -2.39. The van der Waals surface area contributed by atoms with Crippen molar-refractivity contribution in [3.8, 4) is 5.75 Å². The molecule has 0 saturated carbocycles. The van der Waals surface area contributed by atoms with E-state index < -0.39 is 0 Å². The third-order valence-corrected chi connectivity index (χ3v) is 5.66. The lowest BCUT2D eigenvalue weighted by molar-refractivity contribution is -0.117. The number of hydrogen-bond donors (Lipinski definition) is 1. The van der Waals surface area contributed by atoms with Crippen LogP contribution in [0.1, 0.15) is 22.0 Å². The number of nitrogens with one attached hydrogen (secondary N) is 1. The SMILES string of the molecule is COc1ccc(CN2C(=O)CNc3ncc(C(=O)N4CC(n5cccn5)C4)cc32)cc1. The Kier molecular flexibility index (Phi) is 4.78. The topological polar surface area (TPSA) is 92.6 Å². The second kappa shape index (κ2) is 7.75. The van der Waals surface area contributed by atoms with Gasteiger partial charge in [0, 0.05) is 31.7 Å². The number of benzene rings is 1. The minimum atomic E-state index is -0.0962. The second-order valence-corrected chi connectivity index (χ2v) is 7.62. The monoisotopic (exact) mass is 418 g/mol. The van der Waals surface area contributed by atoms with Crippen molar-refractivity contribution in [3.63, 3.8) is 0 Å². The highest BCUT2D eigenvalue weighted by molar-refractivity contribution is 6.04. The van der Waals surface area contributed by atoms with Crippen molar-refractivity contribution in [2.75, 3.05) is 37.0 Å². The molecule has 1 saturated heterocycles. The average molecular weight is 418 g/mol. The van der Waals surface area contributed by atoms with Gasteiger partial charge in [-0.2, -0.15) is 5.10 Å². The molecule has 1 N–H and O–H groups in total. The van der Waals surface area contributed by atoms with E-state index in [0.717, 1.165) is 11.3 Å². The van der Waals surface area contributed by atoms with E-state index in [-0.39, 0.29) is 24.4 Å². The van der Waals surface area contributed by atoms with E-state index in [1.165, 1.54) is 0 Å². The zero-order valence-electron chi connectivity index (χ0n) is 17.1. The smallest absolute Gasteiger partial charge is 0.255 e. The van der Waals surface area contributed by atoms with Crippen molar-refractivity contribution < 1.29 is 14.3 Å². The molecule has 3 aromatic rings. The molecule has 0 spiro atoms. The molecule has 0 atom stereocenters. The molecule has 0 unspecified atom stereocenters. The van der Waals surface area contributed by atoms with Gasteiger partial charge in [-0.05, 0) is 29.8 Å². The van der Waals surface area contributed by atoms with Crippen LogP contribution in [-0.4, -0.2) is 58.2 Å². The van der Waals surface area contributed by atoms with E-state index in [0.29, 0.717) is 36.7 Å². The fraction of sp³-hybridized carbons (Fsp3) is 0.273. The summed E-state index contributed by atoms with van der Waals surface area (Å²) in [7, 11) is 1.62. The molecule has 31 heavy (non-hydrogen) atoms. The largest absolute Gasteiger partial charge is 0.497 e. The van der Waals surface area contributed by atoms with Crippen LogP contribution in [0.5, 0.6) is 5.75 Å². The van der Waals surface area contributed by atoms with Gasteiger partial charge >= 0.3 is 0 Å². The average Bonchev–Trinajstić information content (AvgIpc) is 3.29. The van der Waals surface area contributed by atoms with E-state index in [4.69, 9.17) is 4.74 Å². The van der Waals surface area contributed by atoms with Gasteiger partial charge in [-0.3, -0.25) is 14.3 Å². The molecule has 0 aliphatic carbocycles. The molecule has 2 aliphatic rings. The zero-order valence-corrected chi connectivity index (χ0v) is 17.1. The fourth-order valence-corrected chi connectivity index (χ4v) is 3.86. The molecule has 1 fully saturated rings. The van der Waals surface area contributed by atoms with Gasteiger partial charge in [-0.1, -0.05) is 12.1 Å². The Balaban J connectivity index is 1.35. The minimum absolute atomic E-state index is 0.0718. The molecule has 9 nitrogen and oxygen atoms in total. The van der Waals surface area contributed by atoms with Crippen LogP contribution in [0.3, 0.4) is 0 Å². The number of rotatable bonds is 5. The predicted octanol–water partition coefficient (Wildman–Crippen LogP) is 1.94. The van der Waals surface area contributed by atoms with Crippen LogP contribution in [0.15, 0.2) is 55.0 Å². The molecule has 5 rings (SSSR count). The van der Waals surface area contributed by atoms with Gasteiger partial charge in [-0.15, -0.1) is 0 Å². The van der Waals surface area contributed by atoms with E-state index in [1.807, 2.05) is 41.2 Å². The summed E-state index contributed by atoms with van der Waals surface area (Å²) in [4.78, 5) is 33.5. The lowest BCUT2D eigenvalue weighted by atomic mass is 10.1. The first-order chi connectivity index (χ1) is 15.1. The molecule has 9 heteroatoms. The lowest BCUT2D eigenvalue weighted by Crippen LogP contribution is -2.51. The second-order valence-electron chi connectivity index (χ2n) is 7.62. The summed E-state index contributed by atoms with van der Waals surface area (Å²) in [6, 6.07) is 11.4. The maximum Gasteiger partial charge on any atom is 0.255 e. The van der Waals surface area contributed by atoms with Gasteiger partial charge in [0.25, 0.3) is 5.91 Å². The number of hydrogen-bond acceptors (Lipinski definition) is 6. The van der Waals surface area contributed by atoms with Crippen molar-refractivity contribution in [2.45, 2.75) is 12.6 Å². The highest BCUT2D eigenvalue weighted by Crippen LogP contribution is 2.31. The highest BCUT2D eigenvalue weighted by Gasteiger charge is 2.34. The summed E-state index contributed by atoms with van der Waals surface area (Å²) in [5.74, 6) is 1.19. The van der Waals surface area contributed by atoms with Crippen molar-refractivity contribution in [1.29, 1.82) is 0 Å². The third kappa shape index (κ3) is 3.58. The Morgan fingerprint density at radius 2 is 2.06 bits per heavy atom. The summed E-state index contributed by atoms with van der Waals surface area (Å²) in [6.45, 7) is 1.76. The number of ether oxygens (including phenoxy) is 1. The molecule has 2 aromatic heterocycles. The summed E-state index contributed by atoms with van der Waals surface area (Å²) in [5.41, 5.74) is 2.04. The van der Waals surface area contributed by atoms with Gasteiger partial charge in [0.1, 0.15) is 5.75 Å². The summed E-state index contributed by atoms with van der Waals surface area (Å²) in [5, 5.41) is 7.27. The summed E-state index contributed by atoms with van der Waals surface area (Å²) >= 11 is 0. The van der Waals surface area contributed by atoms with Gasteiger partial charge in [0.15, 0.2) is 5.82 Å². The van der Waals surface area contributed by atoms with Crippen molar-refractivity contribution in [2.24, 2.45) is 0 Å². The van der Waals surface area contributed by atoms with Crippen LogP contribution in [0, 0.1) is 0 Å². The Morgan fingerprint density at radius 3 is 2.77 bits per heavy atom. The molecule has 0 bridgehead atoms. The van der Waals surface area contributed by atoms with E-state index in [2.05, 4.69) is 15.4 Å². The number of carbonyl (C=O) groups is 2. The Morgan fingerprint density at radius 1 is 1.26 bits per heavy atom. The van der Waals surface area contributed by atoms with Gasteiger partial charge < -0.3 is 19.9 Å². The fourth-order valence-electron chi connectivity index (χ4n) is 3.86. The first-order valence-electron chi connectivity index (χ1n) is 10.1. The number of pyridine rings is 1. The maximum absolute atomic E-state index is 13.0.